The predicted molar refractivity (Wildman–Crippen MR) is 57.1 cm³/mol. The van der Waals surface area contributed by atoms with Gasteiger partial charge >= 0.3 is 5.97 Å². The quantitative estimate of drug-likeness (QED) is 0.452. The number of hydrogen-bond donors (Lipinski definition) is 0. The van der Waals surface area contributed by atoms with Gasteiger partial charge in [0.2, 0.25) is 6.43 Å². The van der Waals surface area contributed by atoms with Crippen LogP contribution >= 0.6 is 0 Å². The standard InChI is InChI=1S/C12H12F2O3/c1-2-17-12(16)11(15)9-5-3-8(4-6-9)7-10(13)14/h3-6,10H,2,7H2,1H3. The molecule has 92 valence electrons. The minimum Gasteiger partial charge on any atom is -0.460 e. The third kappa shape index (κ3) is 3.94. The van der Waals surface area contributed by atoms with Crippen molar-refractivity contribution in [3.8, 4) is 0 Å². The third-order valence-corrected chi connectivity index (χ3v) is 2.07. The van der Waals surface area contributed by atoms with E-state index in [-0.39, 0.29) is 18.6 Å². The number of alkyl halides is 2. The summed E-state index contributed by atoms with van der Waals surface area (Å²) in [5, 5.41) is 0. The van der Waals surface area contributed by atoms with Crippen LogP contribution in [-0.2, 0) is 16.0 Å². The molecule has 1 rings (SSSR count). The monoisotopic (exact) mass is 242 g/mol. The van der Waals surface area contributed by atoms with E-state index >= 15 is 0 Å². The second-order valence-electron chi connectivity index (χ2n) is 3.34. The minimum absolute atomic E-state index is 0.119. The fraction of sp³-hybridized carbons (Fsp3) is 0.333. The Morgan fingerprint density at radius 1 is 1.24 bits per heavy atom. The van der Waals surface area contributed by atoms with Gasteiger partial charge in [0.15, 0.2) is 0 Å². The van der Waals surface area contributed by atoms with Gasteiger partial charge in [0.1, 0.15) is 0 Å². The van der Waals surface area contributed by atoms with Crippen molar-refractivity contribution in [2.45, 2.75) is 19.8 Å². The molecule has 0 aliphatic rings. The van der Waals surface area contributed by atoms with Crippen molar-refractivity contribution in [1.82, 2.24) is 0 Å². The van der Waals surface area contributed by atoms with E-state index in [4.69, 9.17) is 0 Å². The summed E-state index contributed by atoms with van der Waals surface area (Å²) in [6.45, 7) is 1.71. The Kier molecular flexibility index (Phi) is 4.75. The average Bonchev–Trinajstić information content (AvgIpc) is 2.28. The zero-order valence-electron chi connectivity index (χ0n) is 9.28. The van der Waals surface area contributed by atoms with Gasteiger partial charge in [-0.2, -0.15) is 0 Å². The molecular formula is C12H12F2O3. The van der Waals surface area contributed by atoms with Gasteiger partial charge in [-0.25, -0.2) is 13.6 Å². The van der Waals surface area contributed by atoms with Crippen molar-refractivity contribution >= 4 is 11.8 Å². The van der Waals surface area contributed by atoms with Gasteiger partial charge < -0.3 is 4.74 Å². The number of halogens is 2. The second kappa shape index (κ2) is 6.08. The lowest BCUT2D eigenvalue weighted by Gasteiger charge is -2.03. The molecule has 0 unspecified atom stereocenters. The Morgan fingerprint density at radius 3 is 2.29 bits per heavy atom. The maximum atomic E-state index is 12.1. The first kappa shape index (κ1) is 13.3. The van der Waals surface area contributed by atoms with E-state index in [1.54, 1.807) is 6.92 Å². The van der Waals surface area contributed by atoms with Crippen LogP contribution in [0.15, 0.2) is 24.3 Å². The number of Topliss-reactive ketones (excluding diaryl/α,β-unsaturated/α-hetero) is 1. The van der Waals surface area contributed by atoms with E-state index in [1.807, 2.05) is 0 Å². The zero-order chi connectivity index (χ0) is 12.8. The highest BCUT2D eigenvalue weighted by Gasteiger charge is 2.17. The van der Waals surface area contributed by atoms with Crippen molar-refractivity contribution in [1.29, 1.82) is 0 Å². The maximum absolute atomic E-state index is 12.1. The van der Waals surface area contributed by atoms with Gasteiger partial charge in [-0.15, -0.1) is 0 Å². The Bertz CT molecular complexity index is 399. The first-order chi connectivity index (χ1) is 8.04. The summed E-state index contributed by atoms with van der Waals surface area (Å²) in [5.74, 6) is -1.70. The minimum atomic E-state index is -2.43. The predicted octanol–water partition coefficient (Wildman–Crippen LogP) is 2.24. The van der Waals surface area contributed by atoms with E-state index in [2.05, 4.69) is 4.74 Å². The summed E-state index contributed by atoms with van der Waals surface area (Å²) in [4.78, 5) is 22.6. The van der Waals surface area contributed by atoms with Crippen LogP contribution in [0.2, 0.25) is 0 Å². The number of carbonyl (C=O) groups is 2. The van der Waals surface area contributed by atoms with Crippen LogP contribution < -0.4 is 0 Å². The highest BCUT2D eigenvalue weighted by molar-refractivity contribution is 6.40. The molecule has 0 saturated carbocycles. The van der Waals surface area contributed by atoms with Crippen molar-refractivity contribution in [2.24, 2.45) is 0 Å². The number of ketones is 1. The molecule has 0 spiro atoms. The lowest BCUT2D eigenvalue weighted by atomic mass is 10.1. The molecule has 0 heterocycles. The fourth-order valence-electron chi connectivity index (χ4n) is 1.28. The van der Waals surface area contributed by atoms with E-state index < -0.39 is 18.2 Å². The van der Waals surface area contributed by atoms with Gasteiger partial charge in [0.05, 0.1) is 6.61 Å². The molecule has 5 heteroatoms. The summed E-state index contributed by atoms with van der Waals surface area (Å²) in [7, 11) is 0. The summed E-state index contributed by atoms with van der Waals surface area (Å²) in [5.41, 5.74) is 0.557. The molecule has 1 aromatic rings. The summed E-state index contributed by atoms with van der Waals surface area (Å²) in [6, 6.07) is 5.49. The van der Waals surface area contributed by atoms with E-state index in [9.17, 15) is 18.4 Å². The highest BCUT2D eigenvalue weighted by atomic mass is 19.3. The zero-order valence-corrected chi connectivity index (χ0v) is 9.28. The van der Waals surface area contributed by atoms with Crippen molar-refractivity contribution in [2.75, 3.05) is 6.61 Å². The van der Waals surface area contributed by atoms with Gasteiger partial charge in [0, 0.05) is 12.0 Å². The Hall–Kier alpha value is -1.78. The number of rotatable bonds is 5. The molecule has 0 aliphatic heterocycles. The number of ether oxygens (including phenoxy) is 1. The Balaban J connectivity index is 2.73. The number of esters is 1. The SMILES string of the molecule is CCOC(=O)C(=O)c1ccc(CC(F)F)cc1. The molecule has 1 aromatic carbocycles. The van der Waals surface area contributed by atoms with E-state index in [0.717, 1.165) is 0 Å². The lowest BCUT2D eigenvalue weighted by molar-refractivity contribution is -0.137. The van der Waals surface area contributed by atoms with Crippen LogP contribution in [0.4, 0.5) is 8.78 Å². The van der Waals surface area contributed by atoms with E-state index in [1.165, 1.54) is 24.3 Å². The molecule has 0 radical (unpaired) electrons. The molecular weight excluding hydrogens is 230 g/mol. The average molecular weight is 242 g/mol. The van der Waals surface area contributed by atoms with Gasteiger partial charge in [-0.05, 0) is 12.5 Å². The van der Waals surface area contributed by atoms with E-state index in [0.29, 0.717) is 5.56 Å². The molecule has 0 amide bonds. The van der Waals surface area contributed by atoms with Crippen molar-refractivity contribution < 1.29 is 23.1 Å². The van der Waals surface area contributed by atoms with Crippen LogP contribution in [-0.4, -0.2) is 24.8 Å². The van der Waals surface area contributed by atoms with Crippen LogP contribution in [0, 0.1) is 0 Å². The lowest BCUT2D eigenvalue weighted by Crippen LogP contribution is -2.17. The number of carbonyl (C=O) groups excluding carboxylic acids is 2. The molecule has 17 heavy (non-hydrogen) atoms. The fourth-order valence-corrected chi connectivity index (χ4v) is 1.28. The normalized spacial score (nSPS) is 10.4. The second-order valence-corrected chi connectivity index (χ2v) is 3.34. The van der Waals surface area contributed by atoms with Crippen LogP contribution in [0.25, 0.3) is 0 Å². The van der Waals surface area contributed by atoms with Crippen LogP contribution in [0.1, 0.15) is 22.8 Å². The molecule has 3 nitrogen and oxygen atoms in total. The molecule has 0 N–H and O–H groups in total. The maximum Gasteiger partial charge on any atom is 0.379 e. The Morgan fingerprint density at radius 2 is 1.82 bits per heavy atom. The van der Waals surface area contributed by atoms with Crippen LogP contribution in [0.5, 0.6) is 0 Å². The topological polar surface area (TPSA) is 43.4 Å². The largest absolute Gasteiger partial charge is 0.460 e. The molecule has 0 fully saturated rings. The molecule has 0 bridgehead atoms. The van der Waals surface area contributed by atoms with Gasteiger partial charge in [-0.1, -0.05) is 24.3 Å². The molecule has 0 atom stereocenters. The van der Waals surface area contributed by atoms with Gasteiger partial charge in [-0.3, -0.25) is 4.79 Å². The first-order valence-electron chi connectivity index (χ1n) is 5.13. The Labute approximate surface area is 97.4 Å². The van der Waals surface area contributed by atoms with Crippen molar-refractivity contribution in [3.63, 3.8) is 0 Å². The molecule has 0 saturated heterocycles. The molecule has 0 aliphatic carbocycles. The summed E-state index contributed by atoms with van der Waals surface area (Å²) >= 11 is 0. The highest BCUT2D eigenvalue weighted by Crippen LogP contribution is 2.10. The summed E-state index contributed by atoms with van der Waals surface area (Å²) in [6.07, 6.45) is -2.80. The van der Waals surface area contributed by atoms with Gasteiger partial charge in [0.25, 0.3) is 5.78 Å². The smallest absolute Gasteiger partial charge is 0.379 e. The first-order valence-corrected chi connectivity index (χ1v) is 5.13. The third-order valence-electron chi connectivity index (χ3n) is 2.07. The van der Waals surface area contributed by atoms with Crippen LogP contribution in [0.3, 0.4) is 0 Å². The number of hydrogen-bond acceptors (Lipinski definition) is 3. The molecule has 0 aromatic heterocycles. The van der Waals surface area contributed by atoms with Crippen molar-refractivity contribution in [3.05, 3.63) is 35.4 Å². The summed E-state index contributed by atoms with van der Waals surface area (Å²) < 4.78 is 28.7. The number of benzene rings is 1.